The molecule has 2 N–H and O–H groups in total. The Morgan fingerprint density at radius 2 is 1.66 bits per heavy atom. The normalized spacial score (nSPS) is 21.6. The van der Waals surface area contributed by atoms with Gasteiger partial charge in [0, 0.05) is 30.0 Å². The fourth-order valence-corrected chi connectivity index (χ4v) is 6.44. The van der Waals surface area contributed by atoms with Gasteiger partial charge in [0.2, 0.25) is 5.91 Å². The minimum absolute atomic E-state index is 0.00650. The van der Waals surface area contributed by atoms with Crippen molar-refractivity contribution in [2.24, 2.45) is 11.1 Å². The van der Waals surface area contributed by atoms with Crippen molar-refractivity contribution in [3.05, 3.63) is 85.0 Å². The van der Waals surface area contributed by atoms with Crippen LogP contribution in [-0.2, 0) is 23.9 Å². The molecule has 0 bridgehead atoms. The summed E-state index contributed by atoms with van der Waals surface area (Å²) in [5.74, 6) is -1.41. The number of hydrazine groups is 1. The van der Waals surface area contributed by atoms with Gasteiger partial charge < -0.3 is 24.5 Å². The number of ether oxygens (including phenoxy) is 2. The van der Waals surface area contributed by atoms with E-state index in [4.69, 9.17) is 14.3 Å². The molecule has 4 amide bonds. The Morgan fingerprint density at radius 1 is 1.02 bits per heavy atom. The molecular formula is C38H47N5O7. The van der Waals surface area contributed by atoms with Crippen LogP contribution >= 0.6 is 0 Å². The second-order valence-electron chi connectivity index (χ2n) is 13.7. The zero-order valence-corrected chi connectivity index (χ0v) is 29.3. The summed E-state index contributed by atoms with van der Waals surface area (Å²) in [6.07, 6.45) is 4.35. The van der Waals surface area contributed by atoms with Gasteiger partial charge in [-0.1, -0.05) is 65.8 Å². The minimum Gasteiger partial charge on any atom is -0.464 e. The van der Waals surface area contributed by atoms with Gasteiger partial charge in [-0.25, -0.2) is 24.8 Å². The van der Waals surface area contributed by atoms with Crippen molar-refractivity contribution < 1.29 is 33.5 Å². The van der Waals surface area contributed by atoms with Crippen LogP contribution in [0.1, 0.15) is 70.9 Å². The molecule has 3 aliphatic rings. The second-order valence-corrected chi connectivity index (χ2v) is 13.7. The van der Waals surface area contributed by atoms with Crippen LogP contribution in [0.15, 0.2) is 79.0 Å². The van der Waals surface area contributed by atoms with E-state index in [0.717, 1.165) is 35.1 Å². The molecule has 2 aliphatic carbocycles. The van der Waals surface area contributed by atoms with Gasteiger partial charge in [0.05, 0.1) is 13.2 Å². The summed E-state index contributed by atoms with van der Waals surface area (Å²) in [5, 5.41) is 8.64. The molecule has 0 aromatic heterocycles. The molecule has 12 heteroatoms. The maximum absolute atomic E-state index is 14.3. The zero-order valence-electron chi connectivity index (χ0n) is 29.3. The van der Waals surface area contributed by atoms with E-state index >= 15 is 0 Å². The number of rotatable bonds is 12. The van der Waals surface area contributed by atoms with Crippen LogP contribution in [0.4, 0.5) is 9.59 Å². The number of nitrogens with zero attached hydrogens (tertiary/aromatic N) is 3. The van der Waals surface area contributed by atoms with Crippen LogP contribution in [0.5, 0.6) is 0 Å². The number of carbonyl (C=O) groups excluding carboxylic acids is 4. The van der Waals surface area contributed by atoms with Crippen molar-refractivity contribution >= 4 is 29.7 Å². The number of oxime groups is 1. The highest BCUT2D eigenvalue weighted by atomic mass is 16.6. The SMILES string of the molecule is C=CCCCCN(NC(=O)OC(C)(C)C)C(=O)N1C[C@H](ON=C2c3ccccc3-c3ccccc32)C[C@H]1C(=O)N[C@]1(C(=O)OCC)C[C@H]1C=C. The third kappa shape index (κ3) is 7.85. The molecule has 0 radical (unpaired) electrons. The van der Waals surface area contributed by atoms with E-state index in [9.17, 15) is 19.2 Å². The van der Waals surface area contributed by atoms with Gasteiger partial charge in [0.15, 0.2) is 0 Å². The predicted octanol–water partition coefficient (Wildman–Crippen LogP) is 5.72. The molecule has 4 atom stereocenters. The number of nitrogens with one attached hydrogen (secondary N) is 2. The molecule has 2 fully saturated rings. The lowest BCUT2D eigenvalue weighted by molar-refractivity contribution is -0.149. The van der Waals surface area contributed by atoms with Gasteiger partial charge in [0.1, 0.15) is 29.0 Å². The average molecular weight is 686 g/mol. The van der Waals surface area contributed by atoms with Crippen molar-refractivity contribution in [1.29, 1.82) is 0 Å². The van der Waals surface area contributed by atoms with Gasteiger partial charge in [0.25, 0.3) is 0 Å². The van der Waals surface area contributed by atoms with Gasteiger partial charge in [-0.2, -0.15) is 0 Å². The molecule has 2 aromatic carbocycles. The number of hydrogen-bond donors (Lipinski definition) is 2. The number of unbranched alkanes of at least 4 members (excludes halogenated alkanes) is 2. The van der Waals surface area contributed by atoms with Crippen LogP contribution in [0, 0.1) is 5.92 Å². The molecule has 50 heavy (non-hydrogen) atoms. The molecule has 1 saturated carbocycles. The minimum atomic E-state index is -1.26. The van der Waals surface area contributed by atoms with Crippen molar-refractivity contribution in [3.8, 4) is 11.1 Å². The summed E-state index contributed by atoms with van der Waals surface area (Å²) >= 11 is 0. The molecule has 1 heterocycles. The largest absolute Gasteiger partial charge is 0.464 e. The van der Waals surface area contributed by atoms with E-state index in [1.807, 2.05) is 48.5 Å². The van der Waals surface area contributed by atoms with E-state index in [1.54, 1.807) is 39.8 Å². The highest BCUT2D eigenvalue weighted by molar-refractivity contribution is 6.24. The van der Waals surface area contributed by atoms with Crippen LogP contribution in [0.3, 0.4) is 0 Å². The van der Waals surface area contributed by atoms with E-state index in [0.29, 0.717) is 18.6 Å². The topological polar surface area (TPSA) is 139 Å². The number of fused-ring (bicyclic) bond motifs is 3. The van der Waals surface area contributed by atoms with Crippen molar-refractivity contribution in [3.63, 3.8) is 0 Å². The highest BCUT2D eigenvalue weighted by Gasteiger charge is 2.62. The van der Waals surface area contributed by atoms with E-state index < -0.39 is 47.3 Å². The average Bonchev–Trinajstić information content (AvgIpc) is 3.47. The van der Waals surface area contributed by atoms with Crippen LogP contribution < -0.4 is 10.7 Å². The Bertz CT molecular complexity index is 1620. The fourth-order valence-electron chi connectivity index (χ4n) is 6.44. The number of esters is 1. The Kier molecular flexibility index (Phi) is 11.0. The Labute approximate surface area is 293 Å². The summed E-state index contributed by atoms with van der Waals surface area (Å²) in [7, 11) is 0. The fraction of sp³-hybridized carbons (Fsp3) is 0.447. The maximum atomic E-state index is 14.3. The zero-order chi connectivity index (χ0) is 36.1. The molecule has 1 saturated heterocycles. The number of allylic oxidation sites excluding steroid dienone is 1. The number of hydrogen-bond acceptors (Lipinski definition) is 8. The first-order chi connectivity index (χ1) is 23.9. The lowest BCUT2D eigenvalue weighted by atomic mass is 10.1. The number of carbonyl (C=O) groups is 4. The number of amides is 4. The first kappa shape index (κ1) is 36.2. The molecular weight excluding hydrogens is 638 g/mol. The molecule has 0 spiro atoms. The standard InChI is InChI=1S/C38H47N5O7/c1-7-10-11-16-21-43(40-35(46)49-37(4,5)6)36(47)42-24-26(22-31(42)33(44)39-38(23-25(38)8-2)34(45)48-9-3)50-41-32-29-19-14-12-17-27(29)28-18-13-15-20-30(28)32/h7-8,12-15,17-20,25-26,31H,1-2,9-11,16,21-24H2,3-6H3,(H,39,44)(H,40,46)/t25-,26-,31+,38-/m1/s1. The predicted molar refractivity (Wildman–Crippen MR) is 189 cm³/mol. The summed E-state index contributed by atoms with van der Waals surface area (Å²) in [6.45, 7) is 14.7. The maximum Gasteiger partial charge on any atom is 0.426 e. The Hall–Kier alpha value is -5.13. The monoisotopic (exact) mass is 685 g/mol. The first-order valence-corrected chi connectivity index (χ1v) is 17.2. The van der Waals surface area contributed by atoms with Crippen LogP contribution in [0.25, 0.3) is 11.1 Å². The van der Waals surface area contributed by atoms with Crippen molar-refractivity contribution in [2.75, 3.05) is 19.7 Å². The van der Waals surface area contributed by atoms with Crippen LogP contribution in [0.2, 0.25) is 0 Å². The lowest BCUT2D eigenvalue weighted by Crippen LogP contribution is -2.58. The molecule has 12 nitrogen and oxygen atoms in total. The summed E-state index contributed by atoms with van der Waals surface area (Å²) < 4.78 is 10.7. The quantitative estimate of drug-likeness (QED) is 0.108. The van der Waals surface area contributed by atoms with Gasteiger partial charge in [-0.3, -0.25) is 4.79 Å². The van der Waals surface area contributed by atoms with E-state index in [1.165, 1.54) is 9.91 Å². The van der Waals surface area contributed by atoms with E-state index in [-0.39, 0.29) is 32.0 Å². The van der Waals surface area contributed by atoms with E-state index in [2.05, 4.69) is 29.1 Å². The van der Waals surface area contributed by atoms with Crippen LogP contribution in [-0.4, -0.2) is 82.6 Å². The number of benzene rings is 2. The second kappa shape index (κ2) is 15.2. The molecule has 266 valence electrons. The summed E-state index contributed by atoms with van der Waals surface area (Å²) in [4.78, 5) is 61.7. The Balaban J connectivity index is 1.42. The number of likely N-dealkylation sites (tertiary alicyclic amines) is 1. The highest BCUT2D eigenvalue weighted by Crippen LogP contribution is 2.46. The summed E-state index contributed by atoms with van der Waals surface area (Å²) in [6, 6.07) is 14.2. The lowest BCUT2D eigenvalue weighted by Gasteiger charge is -2.32. The summed E-state index contributed by atoms with van der Waals surface area (Å²) in [5.41, 5.74) is 5.08. The molecule has 2 aromatic rings. The molecule has 0 unspecified atom stereocenters. The van der Waals surface area contributed by atoms with Crippen molar-refractivity contribution in [1.82, 2.24) is 20.7 Å². The molecule has 1 aliphatic heterocycles. The third-order valence-corrected chi connectivity index (χ3v) is 8.94. The van der Waals surface area contributed by atoms with Gasteiger partial charge in [-0.05, 0) is 64.5 Å². The number of urea groups is 1. The Morgan fingerprint density at radius 3 is 2.22 bits per heavy atom. The van der Waals surface area contributed by atoms with Gasteiger partial charge in [-0.15, -0.1) is 13.2 Å². The smallest absolute Gasteiger partial charge is 0.426 e. The first-order valence-electron chi connectivity index (χ1n) is 17.2. The van der Waals surface area contributed by atoms with Crippen molar-refractivity contribution in [2.45, 2.75) is 83.1 Å². The molecule has 5 rings (SSSR count). The third-order valence-electron chi connectivity index (χ3n) is 8.94. The van der Waals surface area contributed by atoms with Gasteiger partial charge >= 0.3 is 18.1 Å².